The number of anilines is 1. The Hall–Kier alpha value is -2.38. The van der Waals surface area contributed by atoms with Crippen molar-refractivity contribution in [1.82, 2.24) is 0 Å². The Balaban J connectivity index is 1.86. The van der Waals surface area contributed by atoms with Crippen LogP contribution in [0.5, 0.6) is 0 Å². The van der Waals surface area contributed by atoms with Crippen molar-refractivity contribution < 1.29 is 31.1 Å². The van der Waals surface area contributed by atoms with E-state index in [9.17, 15) is 26.4 Å². The van der Waals surface area contributed by atoms with Crippen molar-refractivity contribution in [3.63, 3.8) is 0 Å². The van der Waals surface area contributed by atoms with Crippen LogP contribution in [0.3, 0.4) is 0 Å². The lowest BCUT2D eigenvalue weighted by Gasteiger charge is -2.24. The predicted molar refractivity (Wildman–Crippen MR) is 82.3 cm³/mol. The highest BCUT2D eigenvalue weighted by Crippen LogP contribution is 2.52. The van der Waals surface area contributed by atoms with E-state index in [1.165, 1.54) is 6.07 Å². The zero-order chi connectivity index (χ0) is 19.1. The third-order valence-electron chi connectivity index (χ3n) is 5.00. The number of hydrogen-bond donors (Lipinski definition) is 0. The van der Waals surface area contributed by atoms with Crippen molar-refractivity contribution in [1.29, 1.82) is 5.26 Å². The molecule has 0 N–H and O–H groups in total. The van der Waals surface area contributed by atoms with Gasteiger partial charge in [-0.15, -0.1) is 0 Å². The summed E-state index contributed by atoms with van der Waals surface area (Å²) in [6.07, 6.45) is -2.52. The van der Waals surface area contributed by atoms with E-state index in [1.54, 1.807) is 19.1 Å². The number of fused-ring (bicyclic) bond motifs is 5. The lowest BCUT2D eigenvalue weighted by atomic mass is 9.83. The van der Waals surface area contributed by atoms with Crippen LogP contribution < -0.4 is 4.31 Å². The molecule has 2 bridgehead atoms. The Morgan fingerprint density at radius 1 is 1.35 bits per heavy atom. The summed E-state index contributed by atoms with van der Waals surface area (Å²) in [4.78, 5) is 12.8. The Morgan fingerprint density at radius 3 is 2.62 bits per heavy atom. The number of sulfonamides is 1. The molecule has 1 aromatic rings. The third kappa shape index (κ3) is 2.01. The van der Waals surface area contributed by atoms with Crippen LogP contribution >= 0.6 is 0 Å². The third-order valence-corrected chi connectivity index (χ3v) is 7.13. The molecule has 2 saturated heterocycles. The average Bonchev–Trinajstić information content (AvgIpc) is 3.13. The molecule has 26 heavy (non-hydrogen) atoms. The van der Waals surface area contributed by atoms with Gasteiger partial charge in [0, 0.05) is 0 Å². The number of nitrogens with zero attached hydrogens (tertiary/aromatic N) is 2. The molecule has 4 rings (SSSR count). The first-order chi connectivity index (χ1) is 12.0. The first-order valence-electron chi connectivity index (χ1n) is 7.57. The molecule has 0 spiro atoms. The molecule has 3 aliphatic rings. The van der Waals surface area contributed by atoms with E-state index in [1.807, 2.05) is 0 Å². The van der Waals surface area contributed by atoms with E-state index >= 15 is 0 Å². The van der Waals surface area contributed by atoms with Crippen LogP contribution in [0, 0.1) is 17.2 Å². The molecule has 2 fully saturated rings. The van der Waals surface area contributed by atoms with Crippen molar-refractivity contribution in [2.24, 2.45) is 5.92 Å². The number of carbonyl (C=O) groups is 1. The van der Waals surface area contributed by atoms with Gasteiger partial charge in [-0.3, -0.25) is 4.79 Å². The minimum atomic E-state index is -4.86. The topological polar surface area (TPSA) is 87.5 Å². The molecule has 0 radical (unpaired) electrons. The standard InChI is InChI=1S/C16H11F3N2O4S/c1-15-5-4-11(25-15)13-12(15)14(22)21(26(13,23)24)9-3-2-8(7-20)10(6-9)16(17,18)19/h2-6,11-13H,1H3/t11-,12+,13-,15+/m0/s1. The van der Waals surface area contributed by atoms with E-state index in [0.29, 0.717) is 10.4 Å². The minimum absolute atomic E-state index is 0.416. The summed E-state index contributed by atoms with van der Waals surface area (Å²) >= 11 is 0. The molecule has 0 aliphatic carbocycles. The smallest absolute Gasteiger partial charge is 0.362 e. The van der Waals surface area contributed by atoms with Crippen LogP contribution in [-0.4, -0.2) is 31.3 Å². The Bertz CT molecular complexity index is 1010. The molecule has 4 atom stereocenters. The van der Waals surface area contributed by atoms with E-state index in [4.69, 9.17) is 10.00 Å². The van der Waals surface area contributed by atoms with Gasteiger partial charge in [-0.1, -0.05) is 12.2 Å². The van der Waals surface area contributed by atoms with Gasteiger partial charge in [0.2, 0.25) is 15.9 Å². The highest BCUT2D eigenvalue weighted by molar-refractivity contribution is 7.94. The Labute approximate surface area is 146 Å². The normalized spacial score (nSPS) is 34.2. The number of ether oxygens (including phenoxy) is 1. The summed E-state index contributed by atoms with van der Waals surface area (Å²) in [6, 6.07) is 3.83. The molecule has 3 heterocycles. The zero-order valence-electron chi connectivity index (χ0n) is 13.2. The molecule has 1 aromatic carbocycles. The number of alkyl halides is 3. The predicted octanol–water partition coefficient (Wildman–Crippen LogP) is 1.97. The van der Waals surface area contributed by atoms with E-state index in [-0.39, 0.29) is 0 Å². The number of carbonyl (C=O) groups excluding carboxylic acids is 1. The second-order valence-electron chi connectivity index (χ2n) is 6.55. The van der Waals surface area contributed by atoms with Gasteiger partial charge in [0.05, 0.1) is 40.5 Å². The lowest BCUT2D eigenvalue weighted by molar-refractivity contribution is -0.137. The highest BCUT2D eigenvalue weighted by atomic mass is 32.2. The quantitative estimate of drug-likeness (QED) is 0.691. The van der Waals surface area contributed by atoms with Gasteiger partial charge >= 0.3 is 6.18 Å². The molecule has 0 aromatic heterocycles. The van der Waals surface area contributed by atoms with Gasteiger partial charge in [-0.05, 0) is 25.1 Å². The van der Waals surface area contributed by atoms with E-state index in [2.05, 4.69) is 0 Å². The number of amides is 1. The summed E-state index contributed by atoms with van der Waals surface area (Å²) in [7, 11) is -4.26. The molecule has 3 aliphatic heterocycles. The summed E-state index contributed by atoms with van der Waals surface area (Å²) in [6.45, 7) is 1.57. The maximum Gasteiger partial charge on any atom is 0.417 e. The number of hydrogen-bond acceptors (Lipinski definition) is 5. The van der Waals surface area contributed by atoms with Crippen molar-refractivity contribution in [3.8, 4) is 6.07 Å². The van der Waals surface area contributed by atoms with Crippen LogP contribution in [0.4, 0.5) is 18.9 Å². The van der Waals surface area contributed by atoms with Crippen molar-refractivity contribution in [2.45, 2.75) is 30.1 Å². The van der Waals surface area contributed by atoms with E-state index in [0.717, 1.165) is 12.1 Å². The average molecular weight is 384 g/mol. The minimum Gasteiger partial charge on any atom is -0.362 e. The molecular formula is C16H11F3N2O4S. The first-order valence-corrected chi connectivity index (χ1v) is 9.07. The summed E-state index contributed by atoms with van der Waals surface area (Å²) in [5.74, 6) is -1.85. The molecule has 10 heteroatoms. The molecule has 6 nitrogen and oxygen atoms in total. The summed E-state index contributed by atoms with van der Waals surface area (Å²) in [5.41, 5.74) is -3.48. The van der Waals surface area contributed by atoms with Crippen molar-refractivity contribution >= 4 is 21.6 Å². The van der Waals surface area contributed by atoms with Crippen LogP contribution in [0.15, 0.2) is 30.4 Å². The van der Waals surface area contributed by atoms with Crippen LogP contribution in [0.1, 0.15) is 18.1 Å². The fraction of sp³-hybridized carbons (Fsp3) is 0.375. The fourth-order valence-electron chi connectivity index (χ4n) is 3.89. The SMILES string of the molecule is C[C@]12C=C[C@H](O1)[C@H]1[C@@H]2C(=O)N(c2ccc(C#N)c(C(F)(F)F)c2)S1(=O)=O. The van der Waals surface area contributed by atoms with Crippen molar-refractivity contribution in [3.05, 3.63) is 41.5 Å². The molecule has 0 saturated carbocycles. The molecule has 0 unspecified atom stereocenters. The van der Waals surface area contributed by atoms with Gasteiger partial charge in [0.15, 0.2) is 0 Å². The number of nitriles is 1. The fourth-order valence-corrected chi connectivity index (χ4v) is 6.12. The number of halogens is 3. The van der Waals surface area contributed by atoms with Gasteiger partial charge in [0.25, 0.3) is 0 Å². The maximum atomic E-state index is 13.2. The molecular weight excluding hydrogens is 373 g/mol. The van der Waals surface area contributed by atoms with Gasteiger partial charge in [0.1, 0.15) is 5.25 Å². The lowest BCUT2D eigenvalue weighted by Crippen LogP contribution is -2.38. The Kier molecular flexibility index (Phi) is 3.19. The van der Waals surface area contributed by atoms with Gasteiger partial charge in [-0.2, -0.15) is 18.4 Å². The second-order valence-corrected chi connectivity index (χ2v) is 8.49. The monoisotopic (exact) mass is 384 g/mol. The summed E-state index contributed by atoms with van der Waals surface area (Å²) in [5, 5.41) is 7.69. The molecule has 1 amide bonds. The van der Waals surface area contributed by atoms with E-state index < -0.39 is 61.8 Å². The van der Waals surface area contributed by atoms with Crippen molar-refractivity contribution in [2.75, 3.05) is 4.31 Å². The summed E-state index contributed by atoms with van der Waals surface area (Å²) < 4.78 is 71.3. The molecule has 136 valence electrons. The second kappa shape index (κ2) is 4.86. The highest BCUT2D eigenvalue weighted by Gasteiger charge is 2.69. The van der Waals surface area contributed by atoms with Crippen LogP contribution in [-0.2, 0) is 25.7 Å². The maximum absolute atomic E-state index is 13.2. The van der Waals surface area contributed by atoms with Crippen LogP contribution in [0.25, 0.3) is 0 Å². The number of rotatable bonds is 1. The van der Waals surface area contributed by atoms with Gasteiger partial charge in [-0.25, -0.2) is 12.7 Å². The van der Waals surface area contributed by atoms with Gasteiger partial charge < -0.3 is 4.74 Å². The Morgan fingerprint density at radius 2 is 2.04 bits per heavy atom. The zero-order valence-corrected chi connectivity index (χ0v) is 14.0. The number of benzene rings is 1. The largest absolute Gasteiger partial charge is 0.417 e. The van der Waals surface area contributed by atoms with Crippen LogP contribution in [0.2, 0.25) is 0 Å². The first kappa shape index (κ1) is 17.1.